The minimum absolute atomic E-state index is 0.0414. The van der Waals surface area contributed by atoms with Gasteiger partial charge in [-0.25, -0.2) is 0 Å². The summed E-state index contributed by atoms with van der Waals surface area (Å²) in [7, 11) is 0. The Kier molecular flexibility index (Phi) is 5.05. The number of carbonyl (C=O) groups excluding carboxylic acids is 1. The summed E-state index contributed by atoms with van der Waals surface area (Å²) in [5, 5.41) is 2.93. The van der Waals surface area contributed by atoms with Crippen LogP contribution in [0.2, 0.25) is 0 Å². The van der Waals surface area contributed by atoms with E-state index in [2.05, 4.69) is 12.2 Å². The van der Waals surface area contributed by atoms with E-state index in [-0.39, 0.29) is 11.9 Å². The maximum Gasteiger partial charge on any atom is 0.250 e. The minimum atomic E-state index is -0.476. The topological polar surface area (TPSA) is 64.3 Å². The summed E-state index contributed by atoms with van der Waals surface area (Å²) in [5.41, 5.74) is 5.93. The molecule has 1 fully saturated rings. The largest absolute Gasteiger partial charge is 0.367 e. The second-order valence-corrected chi connectivity index (χ2v) is 4.11. The van der Waals surface area contributed by atoms with Gasteiger partial charge in [0.2, 0.25) is 0 Å². The lowest BCUT2D eigenvalue weighted by molar-refractivity contribution is -0.134. The molecule has 1 amide bonds. The van der Waals surface area contributed by atoms with Crippen LogP contribution >= 0.6 is 0 Å². The van der Waals surface area contributed by atoms with E-state index in [0.29, 0.717) is 12.6 Å². The van der Waals surface area contributed by atoms with Gasteiger partial charge in [-0.1, -0.05) is 13.3 Å². The molecule has 2 atom stereocenters. The van der Waals surface area contributed by atoms with Crippen LogP contribution in [0.15, 0.2) is 0 Å². The van der Waals surface area contributed by atoms with Crippen LogP contribution in [-0.4, -0.2) is 30.7 Å². The normalized spacial score (nSPS) is 19.7. The molecule has 1 rings (SSSR count). The van der Waals surface area contributed by atoms with Crippen LogP contribution in [-0.2, 0) is 9.53 Å². The first kappa shape index (κ1) is 12.5. The first-order valence-corrected chi connectivity index (χ1v) is 5.86. The van der Waals surface area contributed by atoms with E-state index in [1.54, 1.807) is 0 Å². The standard InChI is InChI=1S/C11H22N2O2/c1-3-5-9(12)10(15-4-2)11(14)13-8-6-7-8/h8-10H,3-7,12H2,1-2H3,(H,13,14). The number of hydrogen-bond acceptors (Lipinski definition) is 3. The third-order valence-corrected chi connectivity index (χ3v) is 2.54. The van der Waals surface area contributed by atoms with E-state index in [1.807, 2.05) is 6.92 Å². The summed E-state index contributed by atoms with van der Waals surface area (Å²) in [6, 6.07) is 0.183. The monoisotopic (exact) mass is 214 g/mol. The van der Waals surface area contributed by atoms with E-state index in [9.17, 15) is 4.79 Å². The molecule has 0 saturated heterocycles. The Morgan fingerprint density at radius 2 is 2.20 bits per heavy atom. The van der Waals surface area contributed by atoms with Gasteiger partial charge in [-0.05, 0) is 26.2 Å². The van der Waals surface area contributed by atoms with E-state index in [4.69, 9.17) is 10.5 Å². The number of nitrogens with two attached hydrogens (primary N) is 1. The molecular formula is C11H22N2O2. The molecule has 0 radical (unpaired) electrons. The molecule has 3 N–H and O–H groups in total. The fraction of sp³-hybridized carbons (Fsp3) is 0.909. The van der Waals surface area contributed by atoms with Crippen molar-refractivity contribution in [3.63, 3.8) is 0 Å². The zero-order valence-electron chi connectivity index (χ0n) is 9.66. The Morgan fingerprint density at radius 1 is 1.53 bits per heavy atom. The number of carbonyl (C=O) groups is 1. The fourth-order valence-corrected chi connectivity index (χ4v) is 1.57. The van der Waals surface area contributed by atoms with Crippen LogP contribution < -0.4 is 11.1 Å². The number of ether oxygens (including phenoxy) is 1. The van der Waals surface area contributed by atoms with Crippen molar-refractivity contribution in [2.75, 3.05) is 6.61 Å². The second-order valence-electron chi connectivity index (χ2n) is 4.11. The number of rotatable bonds is 7. The van der Waals surface area contributed by atoms with Crippen LogP contribution in [0.4, 0.5) is 0 Å². The van der Waals surface area contributed by atoms with Crippen molar-refractivity contribution >= 4 is 5.91 Å². The number of amides is 1. The molecule has 1 aliphatic carbocycles. The summed E-state index contributed by atoms with van der Waals surface area (Å²) in [4.78, 5) is 11.8. The fourth-order valence-electron chi connectivity index (χ4n) is 1.57. The molecule has 88 valence electrons. The Bertz CT molecular complexity index is 205. The Morgan fingerprint density at radius 3 is 2.67 bits per heavy atom. The highest BCUT2D eigenvalue weighted by Crippen LogP contribution is 2.19. The number of hydrogen-bond donors (Lipinski definition) is 2. The third-order valence-electron chi connectivity index (χ3n) is 2.54. The van der Waals surface area contributed by atoms with Gasteiger partial charge in [0.25, 0.3) is 5.91 Å². The zero-order valence-corrected chi connectivity index (χ0v) is 9.66. The molecule has 0 aromatic heterocycles. The van der Waals surface area contributed by atoms with Crippen molar-refractivity contribution in [2.45, 2.75) is 57.7 Å². The van der Waals surface area contributed by atoms with Crippen LogP contribution in [0, 0.1) is 0 Å². The third kappa shape index (κ3) is 4.18. The van der Waals surface area contributed by atoms with E-state index in [0.717, 1.165) is 25.7 Å². The van der Waals surface area contributed by atoms with Gasteiger partial charge in [-0.2, -0.15) is 0 Å². The van der Waals surface area contributed by atoms with Crippen molar-refractivity contribution < 1.29 is 9.53 Å². The van der Waals surface area contributed by atoms with E-state index >= 15 is 0 Å². The number of nitrogens with one attached hydrogen (secondary N) is 1. The molecule has 4 nitrogen and oxygen atoms in total. The Hall–Kier alpha value is -0.610. The first-order chi connectivity index (χ1) is 7.19. The molecule has 1 saturated carbocycles. The molecule has 15 heavy (non-hydrogen) atoms. The maximum atomic E-state index is 11.8. The molecule has 0 spiro atoms. The lowest BCUT2D eigenvalue weighted by atomic mass is 10.1. The van der Waals surface area contributed by atoms with Gasteiger partial charge in [0.15, 0.2) is 6.10 Å². The average molecular weight is 214 g/mol. The van der Waals surface area contributed by atoms with Crippen LogP contribution in [0.5, 0.6) is 0 Å². The van der Waals surface area contributed by atoms with Gasteiger partial charge in [0.1, 0.15) is 0 Å². The highest BCUT2D eigenvalue weighted by atomic mass is 16.5. The first-order valence-electron chi connectivity index (χ1n) is 5.86. The molecule has 1 aliphatic rings. The highest BCUT2D eigenvalue weighted by Gasteiger charge is 2.30. The SMILES string of the molecule is CCCC(N)C(OCC)C(=O)NC1CC1. The predicted molar refractivity (Wildman–Crippen MR) is 59.5 cm³/mol. The molecule has 4 heteroatoms. The van der Waals surface area contributed by atoms with Gasteiger partial charge in [0.05, 0.1) is 0 Å². The summed E-state index contributed by atoms with van der Waals surface area (Å²) in [6.45, 7) is 4.47. The Labute approximate surface area is 91.5 Å². The van der Waals surface area contributed by atoms with Crippen LogP contribution in [0.25, 0.3) is 0 Å². The summed E-state index contributed by atoms with van der Waals surface area (Å²) >= 11 is 0. The van der Waals surface area contributed by atoms with Crippen molar-refractivity contribution in [3.05, 3.63) is 0 Å². The van der Waals surface area contributed by atoms with Crippen molar-refractivity contribution in [1.29, 1.82) is 0 Å². The molecule has 0 heterocycles. The molecule has 0 aromatic rings. The van der Waals surface area contributed by atoms with Crippen molar-refractivity contribution in [2.24, 2.45) is 5.73 Å². The molecule has 2 unspecified atom stereocenters. The van der Waals surface area contributed by atoms with E-state index in [1.165, 1.54) is 0 Å². The predicted octanol–water partition coefficient (Wildman–Crippen LogP) is 0.797. The smallest absolute Gasteiger partial charge is 0.250 e. The van der Waals surface area contributed by atoms with Crippen LogP contribution in [0.3, 0.4) is 0 Å². The Balaban J connectivity index is 2.42. The lowest BCUT2D eigenvalue weighted by Gasteiger charge is -2.22. The molecule has 0 aromatic carbocycles. The average Bonchev–Trinajstić information content (AvgIpc) is 2.98. The molecular weight excluding hydrogens is 192 g/mol. The summed E-state index contributed by atoms with van der Waals surface area (Å²) in [6.07, 6.45) is 3.50. The summed E-state index contributed by atoms with van der Waals surface area (Å²) < 4.78 is 5.41. The van der Waals surface area contributed by atoms with Crippen molar-refractivity contribution in [1.82, 2.24) is 5.32 Å². The highest BCUT2D eigenvalue weighted by molar-refractivity contribution is 5.82. The maximum absolute atomic E-state index is 11.8. The van der Waals surface area contributed by atoms with E-state index < -0.39 is 6.10 Å². The lowest BCUT2D eigenvalue weighted by Crippen LogP contribution is -2.48. The zero-order chi connectivity index (χ0) is 11.3. The second kappa shape index (κ2) is 6.08. The van der Waals surface area contributed by atoms with Gasteiger partial charge >= 0.3 is 0 Å². The molecule has 0 bridgehead atoms. The van der Waals surface area contributed by atoms with Crippen molar-refractivity contribution in [3.8, 4) is 0 Å². The van der Waals surface area contributed by atoms with Crippen LogP contribution in [0.1, 0.15) is 39.5 Å². The van der Waals surface area contributed by atoms with Gasteiger partial charge < -0.3 is 15.8 Å². The van der Waals surface area contributed by atoms with Gasteiger partial charge in [-0.15, -0.1) is 0 Å². The minimum Gasteiger partial charge on any atom is -0.367 e. The van der Waals surface area contributed by atoms with Gasteiger partial charge in [-0.3, -0.25) is 4.79 Å². The quantitative estimate of drug-likeness (QED) is 0.659. The molecule has 0 aliphatic heterocycles. The summed E-state index contributed by atoms with van der Waals surface area (Å²) in [5.74, 6) is -0.0414. The van der Waals surface area contributed by atoms with Gasteiger partial charge in [0, 0.05) is 18.7 Å².